The van der Waals surface area contributed by atoms with Gasteiger partial charge in [0.1, 0.15) is 6.33 Å². The molecule has 2 heterocycles. The van der Waals surface area contributed by atoms with Crippen LogP contribution in [0.3, 0.4) is 0 Å². The Kier molecular flexibility index (Phi) is 4.43. The molecule has 2 aromatic carbocycles. The van der Waals surface area contributed by atoms with E-state index in [1.165, 1.54) is 10.9 Å². The van der Waals surface area contributed by atoms with Crippen molar-refractivity contribution in [1.29, 1.82) is 0 Å². The molecule has 1 fully saturated rings. The molecule has 0 spiro atoms. The lowest BCUT2D eigenvalue weighted by molar-refractivity contribution is 0.0727. The molecule has 140 valence electrons. The quantitative estimate of drug-likeness (QED) is 0.690. The van der Waals surface area contributed by atoms with Gasteiger partial charge >= 0.3 is 0 Å². The van der Waals surface area contributed by atoms with E-state index in [2.05, 4.69) is 10.2 Å². The summed E-state index contributed by atoms with van der Waals surface area (Å²) < 4.78 is 26.9. The van der Waals surface area contributed by atoms with E-state index < -0.39 is 15.1 Å². The van der Waals surface area contributed by atoms with Crippen LogP contribution < -0.4 is 0 Å². The van der Waals surface area contributed by atoms with Crippen LogP contribution in [0.25, 0.3) is 10.8 Å². The molecule has 0 saturated carbocycles. The van der Waals surface area contributed by atoms with Crippen molar-refractivity contribution in [3.63, 3.8) is 0 Å². The maximum atomic E-state index is 13.0. The fourth-order valence-corrected chi connectivity index (χ4v) is 5.37. The van der Waals surface area contributed by atoms with Crippen molar-refractivity contribution in [1.82, 2.24) is 19.7 Å². The number of amides is 1. The largest absolute Gasteiger partial charge is 0.339 e. The van der Waals surface area contributed by atoms with Gasteiger partial charge in [-0.2, -0.15) is 0 Å². The molecule has 3 aromatic rings. The molecule has 1 saturated heterocycles. The van der Waals surface area contributed by atoms with Crippen molar-refractivity contribution in [2.75, 3.05) is 13.1 Å². The first kappa shape index (κ1) is 17.7. The highest BCUT2D eigenvalue weighted by Gasteiger charge is 2.35. The number of sulfone groups is 1. The standard InChI is InChI=1S/C19H20N4O3S/c1-22-13-20-21-19(22)27(25,26)15-9-11-23(12-10-15)18(24)17-8-4-6-14-5-2-3-7-16(14)17/h2-8,13,15H,9-12H2,1H3. The molecule has 1 aromatic heterocycles. The Bertz CT molecular complexity index is 1090. The third kappa shape index (κ3) is 3.10. The Hall–Kier alpha value is -2.74. The first-order valence-corrected chi connectivity index (χ1v) is 10.4. The maximum absolute atomic E-state index is 13.0. The summed E-state index contributed by atoms with van der Waals surface area (Å²) in [6.07, 6.45) is 2.17. The second-order valence-electron chi connectivity index (χ2n) is 6.79. The Balaban J connectivity index is 1.52. The second kappa shape index (κ2) is 6.77. The Morgan fingerprint density at radius 2 is 1.78 bits per heavy atom. The lowest BCUT2D eigenvalue weighted by Crippen LogP contribution is -2.43. The van der Waals surface area contributed by atoms with E-state index in [9.17, 15) is 13.2 Å². The minimum atomic E-state index is -3.55. The molecule has 0 N–H and O–H groups in total. The highest BCUT2D eigenvalue weighted by atomic mass is 32.2. The van der Waals surface area contributed by atoms with Gasteiger partial charge in [-0.1, -0.05) is 36.4 Å². The van der Waals surface area contributed by atoms with E-state index in [1.54, 1.807) is 11.9 Å². The van der Waals surface area contributed by atoms with Crippen LogP contribution >= 0.6 is 0 Å². The summed E-state index contributed by atoms with van der Waals surface area (Å²) in [6, 6.07) is 13.5. The zero-order valence-electron chi connectivity index (χ0n) is 14.9. The summed E-state index contributed by atoms with van der Waals surface area (Å²) >= 11 is 0. The number of aromatic nitrogens is 3. The zero-order valence-corrected chi connectivity index (χ0v) is 15.8. The molecule has 0 aliphatic carbocycles. The Morgan fingerprint density at radius 1 is 1.07 bits per heavy atom. The Labute approximate surface area is 157 Å². The van der Waals surface area contributed by atoms with Crippen LogP contribution in [0, 0.1) is 0 Å². The molecule has 4 rings (SSSR count). The van der Waals surface area contributed by atoms with Gasteiger partial charge < -0.3 is 9.47 Å². The van der Waals surface area contributed by atoms with Crippen molar-refractivity contribution >= 4 is 26.5 Å². The number of carbonyl (C=O) groups excluding carboxylic acids is 1. The Morgan fingerprint density at radius 3 is 2.48 bits per heavy atom. The molecule has 0 bridgehead atoms. The number of likely N-dealkylation sites (tertiary alicyclic amines) is 1. The van der Waals surface area contributed by atoms with Crippen LogP contribution in [0.2, 0.25) is 0 Å². The molecule has 0 unspecified atom stereocenters. The van der Waals surface area contributed by atoms with Gasteiger partial charge in [0.05, 0.1) is 5.25 Å². The number of fused-ring (bicyclic) bond motifs is 1. The fourth-order valence-electron chi connectivity index (χ4n) is 3.63. The lowest BCUT2D eigenvalue weighted by atomic mass is 10.0. The van der Waals surface area contributed by atoms with E-state index >= 15 is 0 Å². The summed E-state index contributed by atoms with van der Waals surface area (Å²) in [4.78, 5) is 14.7. The number of nitrogens with zero attached hydrogens (tertiary/aromatic N) is 4. The van der Waals surface area contributed by atoms with Crippen LogP contribution in [0.5, 0.6) is 0 Å². The van der Waals surface area contributed by atoms with Crippen molar-refractivity contribution < 1.29 is 13.2 Å². The molecule has 27 heavy (non-hydrogen) atoms. The van der Waals surface area contributed by atoms with E-state index in [1.807, 2.05) is 42.5 Å². The molecule has 0 radical (unpaired) electrons. The average Bonchev–Trinajstić information content (AvgIpc) is 3.14. The monoisotopic (exact) mass is 384 g/mol. The zero-order chi connectivity index (χ0) is 19.0. The summed E-state index contributed by atoms with van der Waals surface area (Å²) in [5.74, 6) is -0.0543. The van der Waals surface area contributed by atoms with Crippen molar-refractivity contribution in [2.45, 2.75) is 23.2 Å². The van der Waals surface area contributed by atoms with Gasteiger partial charge in [-0.05, 0) is 29.7 Å². The minimum Gasteiger partial charge on any atom is -0.339 e. The van der Waals surface area contributed by atoms with Gasteiger partial charge in [-0.25, -0.2) is 8.42 Å². The van der Waals surface area contributed by atoms with Gasteiger partial charge in [0.2, 0.25) is 15.0 Å². The smallest absolute Gasteiger partial charge is 0.254 e. The van der Waals surface area contributed by atoms with Crippen molar-refractivity contribution in [3.05, 3.63) is 54.4 Å². The van der Waals surface area contributed by atoms with E-state index in [0.717, 1.165) is 10.8 Å². The van der Waals surface area contributed by atoms with E-state index in [-0.39, 0.29) is 11.1 Å². The normalized spacial score (nSPS) is 16.0. The highest BCUT2D eigenvalue weighted by Crippen LogP contribution is 2.26. The molecule has 0 atom stereocenters. The van der Waals surface area contributed by atoms with Gasteiger partial charge in [0.25, 0.3) is 5.91 Å². The van der Waals surface area contributed by atoms with Crippen LogP contribution in [-0.4, -0.2) is 52.3 Å². The summed E-state index contributed by atoms with van der Waals surface area (Å²) in [5.41, 5.74) is 0.655. The number of aryl methyl sites for hydroxylation is 1. The van der Waals surface area contributed by atoms with Crippen LogP contribution in [0.1, 0.15) is 23.2 Å². The van der Waals surface area contributed by atoms with Crippen LogP contribution in [0.4, 0.5) is 0 Å². The van der Waals surface area contributed by atoms with Gasteiger partial charge in [0.15, 0.2) is 0 Å². The third-order valence-corrected chi connectivity index (χ3v) is 7.34. The first-order valence-electron chi connectivity index (χ1n) is 8.83. The average molecular weight is 384 g/mol. The summed E-state index contributed by atoms with van der Waals surface area (Å²) in [7, 11) is -1.93. The third-order valence-electron chi connectivity index (χ3n) is 5.11. The SMILES string of the molecule is Cn1cnnc1S(=O)(=O)C1CCN(C(=O)c2cccc3ccccc23)CC1. The van der Waals surface area contributed by atoms with Crippen molar-refractivity contribution in [2.24, 2.45) is 7.05 Å². The molecule has 1 aliphatic heterocycles. The fraction of sp³-hybridized carbons (Fsp3) is 0.316. The molecular weight excluding hydrogens is 364 g/mol. The molecule has 1 amide bonds. The number of hydrogen-bond donors (Lipinski definition) is 0. The molecular formula is C19H20N4O3S. The number of rotatable bonds is 3. The van der Waals surface area contributed by atoms with E-state index in [4.69, 9.17) is 0 Å². The molecule has 1 aliphatic rings. The minimum absolute atomic E-state index is 0.0127. The second-order valence-corrected chi connectivity index (χ2v) is 8.91. The first-order chi connectivity index (χ1) is 13.0. The molecule has 7 nitrogen and oxygen atoms in total. The van der Waals surface area contributed by atoms with Gasteiger partial charge in [0, 0.05) is 25.7 Å². The predicted octanol–water partition coefficient (Wildman–Crippen LogP) is 2.05. The van der Waals surface area contributed by atoms with E-state index in [0.29, 0.717) is 31.5 Å². The van der Waals surface area contributed by atoms with Crippen molar-refractivity contribution in [3.8, 4) is 0 Å². The number of hydrogen-bond acceptors (Lipinski definition) is 5. The lowest BCUT2D eigenvalue weighted by Gasteiger charge is -2.31. The van der Waals surface area contributed by atoms with Crippen LogP contribution in [-0.2, 0) is 16.9 Å². The molecule has 8 heteroatoms. The summed E-state index contributed by atoms with van der Waals surface area (Å²) in [5, 5.41) is 8.78. The summed E-state index contributed by atoms with van der Waals surface area (Å²) in [6.45, 7) is 0.813. The maximum Gasteiger partial charge on any atom is 0.254 e. The number of piperidine rings is 1. The van der Waals surface area contributed by atoms with Gasteiger partial charge in [-0.15, -0.1) is 10.2 Å². The van der Waals surface area contributed by atoms with Crippen LogP contribution in [0.15, 0.2) is 53.9 Å². The predicted molar refractivity (Wildman–Crippen MR) is 101 cm³/mol. The number of carbonyl (C=O) groups is 1. The topological polar surface area (TPSA) is 85.2 Å². The highest BCUT2D eigenvalue weighted by molar-refractivity contribution is 7.91. The van der Waals surface area contributed by atoms with Gasteiger partial charge in [-0.3, -0.25) is 4.79 Å². The number of benzene rings is 2.